The lowest BCUT2D eigenvalue weighted by molar-refractivity contribution is 0.652. The molecule has 8 heteroatoms. The fourth-order valence-electron chi connectivity index (χ4n) is 3.59. The van der Waals surface area contributed by atoms with E-state index in [1.165, 1.54) is 11.6 Å². The molecule has 0 unspecified atom stereocenters. The van der Waals surface area contributed by atoms with Gasteiger partial charge in [0, 0.05) is 20.6 Å². The van der Waals surface area contributed by atoms with E-state index in [1.54, 1.807) is 7.05 Å². The van der Waals surface area contributed by atoms with E-state index in [0.717, 1.165) is 35.1 Å². The zero-order valence-corrected chi connectivity index (χ0v) is 16.4. The Morgan fingerprint density at radius 1 is 1.04 bits per heavy atom. The predicted octanol–water partition coefficient (Wildman–Crippen LogP) is 1.85. The van der Waals surface area contributed by atoms with Gasteiger partial charge in [-0.05, 0) is 12.0 Å². The largest absolute Gasteiger partial charge is 0.332 e. The summed E-state index contributed by atoms with van der Waals surface area (Å²) in [6.45, 7) is 3.30. The summed E-state index contributed by atoms with van der Waals surface area (Å²) in [7, 11) is 3.14. The van der Waals surface area contributed by atoms with Crippen LogP contribution in [0.1, 0.15) is 31.7 Å². The lowest BCUT2D eigenvalue weighted by atomic mass is 10.1. The molecular weight excluding hydrogens is 356 g/mol. The Labute approximate surface area is 162 Å². The third kappa shape index (κ3) is 2.85. The zero-order chi connectivity index (χ0) is 19.8. The molecule has 0 radical (unpaired) electrons. The molecule has 28 heavy (non-hydrogen) atoms. The van der Waals surface area contributed by atoms with E-state index in [4.69, 9.17) is 5.10 Å². The van der Waals surface area contributed by atoms with E-state index in [0.29, 0.717) is 30.2 Å². The van der Waals surface area contributed by atoms with Gasteiger partial charge in [-0.2, -0.15) is 10.1 Å². The van der Waals surface area contributed by atoms with E-state index in [-0.39, 0.29) is 11.2 Å². The van der Waals surface area contributed by atoms with E-state index in [1.807, 2.05) is 39.9 Å². The molecule has 4 rings (SSSR count). The first-order valence-electron chi connectivity index (χ1n) is 9.59. The summed E-state index contributed by atoms with van der Waals surface area (Å²) < 4.78 is 4.44. The van der Waals surface area contributed by atoms with Crippen molar-refractivity contribution in [1.82, 2.24) is 18.7 Å². The number of hydrogen-bond acceptors (Lipinski definition) is 5. The Morgan fingerprint density at radius 3 is 2.50 bits per heavy atom. The molecule has 0 spiro atoms. The van der Waals surface area contributed by atoms with Crippen LogP contribution in [0.5, 0.6) is 0 Å². The van der Waals surface area contributed by atoms with Gasteiger partial charge in [-0.25, -0.2) is 9.80 Å². The number of fused-ring (bicyclic) bond motifs is 3. The number of imidazole rings is 1. The van der Waals surface area contributed by atoms with Crippen LogP contribution < -0.4 is 16.3 Å². The fraction of sp³-hybridized carbons (Fsp3) is 0.400. The number of nitrogens with zero attached hydrogens (tertiary/aromatic N) is 6. The molecule has 0 atom stereocenters. The van der Waals surface area contributed by atoms with Crippen LogP contribution in [0.3, 0.4) is 0 Å². The summed E-state index contributed by atoms with van der Waals surface area (Å²) in [6.07, 6.45) is 3.17. The minimum absolute atomic E-state index is 0.334. The summed E-state index contributed by atoms with van der Waals surface area (Å²) in [6, 6.07) is 9.95. The number of aryl methyl sites for hydroxylation is 1. The Morgan fingerprint density at radius 2 is 1.79 bits per heavy atom. The van der Waals surface area contributed by atoms with Crippen LogP contribution in [0.25, 0.3) is 11.2 Å². The molecule has 1 aliphatic heterocycles. The molecule has 0 saturated carbocycles. The van der Waals surface area contributed by atoms with Crippen molar-refractivity contribution in [3.05, 3.63) is 56.7 Å². The van der Waals surface area contributed by atoms with Crippen molar-refractivity contribution in [3.63, 3.8) is 0 Å². The summed E-state index contributed by atoms with van der Waals surface area (Å²) in [5.74, 6) is 0.615. The number of anilines is 1. The summed E-state index contributed by atoms with van der Waals surface area (Å²) in [5.41, 5.74) is 2.00. The molecule has 146 valence electrons. The van der Waals surface area contributed by atoms with E-state index >= 15 is 0 Å². The van der Waals surface area contributed by atoms with Crippen molar-refractivity contribution in [2.24, 2.45) is 19.2 Å². The third-order valence-electron chi connectivity index (χ3n) is 5.19. The second-order valence-electron chi connectivity index (χ2n) is 7.12. The average molecular weight is 380 g/mol. The molecule has 3 aromatic rings. The summed E-state index contributed by atoms with van der Waals surface area (Å²) >= 11 is 0. The van der Waals surface area contributed by atoms with Crippen LogP contribution in [0.2, 0.25) is 0 Å². The zero-order valence-electron chi connectivity index (χ0n) is 16.4. The van der Waals surface area contributed by atoms with Crippen molar-refractivity contribution < 1.29 is 0 Å². The highest BCUT2D eigenvalue weighted by Gasteiger charge is 2.27. The second kappa shape index (κ2) is 7.10. The minimum Gasteiger partial charge on any atom is -0.297 e. The molecule has 0 amide bonds. The number of benzene rings is 1. The predicted molar refractivity (Wildman–Crippen MR) is 110 cm³/mol. The molecule has 2 aromatic heterocycles. The van der Waals surface area contributed by atoms with Crippen molar-refractivity contribution in [1.29, 1.82) is 0 Å². The number of aromatic nitrogens is 4. The first-order chi connectivity index (χ1) is 13.5. The molecule has 0 saturated heterocycles. The molecule has 1 aromatic carbocycles. The maximum Gasteiger partial charge on any atom is 0.332 e. The minimum atomic E-state index is -0.380. The van der Waals surface area contributed by atoms with Gasteiger partial charge in [0.05, 0.1) is 12.3 Å². The van der Waals surface area contributed by atoms with Gasteiger partial charge in [0.15, 0.2) is 11.2 Å². The topological polar surface area (TPSA) is 77.4 Å². The number of hydrazone groups is 1. The molecule has 0 bridgehead atoms. The second-order valence-corrected chi connectivity index (χ2v) is 7.12. The Kier molecular flexibility index (Phi) is 4.62. The van der Waals surface area contributed by atoms with Gasteiger partial charge in [-0.1, -0.05) is 50.1 Å². The van der Waals surface area contributed by atoms with Crippen LogP contribution in [0.15, 0.2) is 45.0 Å². The van der Waals surface area contributed by atoms with Crippen LogP contribution in [0, 0.1) is 0 Å². The highest BCUT2D eigenvalue weighted by atomic mass is 16.2. The van der Waals surface area contributed by atoms with E-state index < -0.39 is 0 Å². The van der Waals surface area contributed by atoms with Gasteiger partial charge in [0.2, 0.25) is 5.95 Å². The summed E-state index contributed by atoms with van der Waals surface area (Å²) in [4.78, 5) is 29.8. The maximum atomic E-state index is 12.9. The lowest BCUT2D eigenvalue weighted by Crippen LogP contribution is -2.38. The fourth-order valence-corrected chi connectivity index (χ4v) is 3.59. The van der Waals surface area contributed by atoms with Crippen molar-refractivity contribution in [2.45, 2.75) is 32.7 Å². The standard InChI is InChI=1S/C20H24N6O2/c1-4-5-9-12-26-19-21-17-16(18(27)24(3)20(28)23(17)2)25(19)13-15(22-26)14-10-7-6-8-11-14/h6-8,10-11H,4-5,9,12-13H2,1-3H3. The molecular formula is C20H24N6O2. The number of hydrogen-bond donors (Lipinski definition) is 0. The first kappa shape index (κ1) is 18.2. The van der Waals surface area contributed by atoms with Crippen LogP contribution in [-0.2, 0) is 20.6 Å². The molecule has 0 aliphatic carbocycles. The van der Waals surface area contributed by atoms with Crippen LogP contribution in [-0.4, -0.2) is 30.9 Å². The molecule has 8 nitrogen and oxygen atoms in total. The van der Waals surface area contributed by atoms with Gasteiger partial charge < -0.3 is 0 Å². The molecule has 0 fully saturated rings. The van der Waals surface area contributed by atoms with E-state index in [9.17, 15) is 9.59 Å². The van der Waals surface area contributed by atoms with Crippen molar-refractivity contribution in [3.8, 4) is 0 Å². The SMILES string of the molecule is CCCCCN1N=C(c2ccccc2)Cn2c1nc1c2c(=O)n(C)c(=O)n1C. The lowest BCUT2D eigenvalue weighted by Gasteiger charge is -2.26. The van der Waals surface area contributed by atoms with Gasteiger partial charge in [-0.3, -0.25) is 18.5 Å². The number of unbranched alkanes of at least 4 members (excludes halogenated alkanes) is 2. The normalized spacial score (nSPS) is 13.7. The smallest absolute Gasteiger partial charge is 0.297 e. The van der Waals surface area contributed by atoms with Crippen LogP contribution >= 0.6 is 0 Å². The van der Waals surface area contributed by atoms with Gasteiger partial charge in [-0.15, -0.1) is 0 Å². The third-order valence-corrected chi connectivity index (χ3v) is 5.19. The maximum absolute atomic E-state index is 12.9. The highest BCUT2D eigenvalue weighted by Crippen LogP contribution is 2.25. The Hall–Kier alpha value is -3.16. The van der Waals surface area contributed by atoms with Gasteiger partial charge in [0.25, 0.3) is 5.56 Å². The summed E-state index contributed by atoms with van der Waals surface area (Å²) in [5, 5.41) is 6.70. The number of rotatable bonds is 5. The monoisotopic (exact) mass is 380 g/mol. The molecule has 1 aliphatic rings. The van der Waals surface area contributed by atoms with Crippen LogP contribution in [0.4, 0.5) is 5.95 Å². The highest BCUT2D eigenvalue weighted by molar-refractivity contribution is 6.02. The van der Waals surface area contributed by atoms with Crippen molar-refractivity contribution >= 4 is 22.8 Å². The average Bonchev–Trinajstić information content (AvgIpc) is 3.11. The molecule has 3 heterocycles. The quantitative estimate of drug-likeness (QED) is 0.633. The van der Waals surface area contributed by atoms with Gasteiger partial charge >= 0.3 is 5.69 Å². The van der Waals surface area contributed by atoms with Gasteiger partial charge in [0.1, 0.15) is 0 Å². The first-order valence-corrected chi connectivity index (χ1v) is 9.59. The molecule has 0 N–H and O–H groups in total. The Balaban J connectivity index is 1.91. The van der Waals surface area contributed by atoms with Crippen molar-refractivity contribution in [2.75, 3.05) is 11.6 Å². The van der Waals surface area contributed by atoms with E-state index in [2.05, 4.69) is 11.9 Å². The Bertz CT molecular complexity index is 1170.